The number of carbonyl (C=O) groups is 2. The van der Waals surface area contributed by atoms with E-state index in [0.717, 1.165) is 36.4 Å². The first-order chi connectivity index (χ1) is 17.5. The molecule has 3 aromatic rings. The number of amides is 1. The minimum absolute atomic E-state index is 0.0260. The third-order valence-electron chi connectivity index (χ3n) is 5.85. The van der Waals surface area contributed by atoms with Crippen LogP contribution in [0.1, 0.15) is 42.1 Å². The molecule has 1 amide bonds. The van der Waals surface area contributed by atoms with Crippen molar-refractivity contribution in [2.24, 2.45) is 0 Å². The minimum atomic E-state index is -0.989. The van der Waals surface area contributed by atoms with Crippen molar-refractivity contribution in [1.29, 1.82) is 0 Å². The van der Waals surface area contributed by atoms with Crippen LogP contribution in [-0.2, 0) is 11.2 Å². The number of anilines is 2. The highest BCUT2D eigenvalue weighted by Crippen LogP contribution is 2.30. The second kappa shape index (κ2) is 12.0. The van der Waals surface area contributed by atoms with Crippen LogP contribution in [0.5, 0.6) is 11.5 Å². The quantitative estimate of drug-likeness (QED) is 0.435. The van der Waals surface area contributed by atoms with E-state index in [2.05, 4.69) is 20.2 Å². The van der Waals surface area contributed by atoms with Crippen molar-refractivity contribution >= 4 is 23.5 Å². The van der Waals surface area contributed by atoms with E-state index in [1.807, 2.05) is 37.3 Å². The first-order valence-corrected chi connectivity index (χ1v) is 12.1. The number of ether oxygens (including phenoxy) is 2. The van der Waals surface area contributed by atoms with Gasteiger partial charge in [-0.3, -0.25) is 9.78 Å². The van der Waals surface area contributed by atoms with E-state index in [9.17, 15) is 9.59 Å². The van der Waals surface area contributed by atoms with Crippen molar-refractivity contribution in [3.8, 4) is 11.5 Å². The maximum atomic E-state index is 12.5. The van der Waals surface area contributed by atoms with Gasteiger partial charge in [0, 0.05) is 13.0 Å². The van der Waals surface area contributed by atoms with Gasteiger partial charge in [0.2, 0.25) is 5.91 Å². The van der Waals surface area contributed by atoms with E-state index in [1.165, 1.54) is 12.3 Å². The van der Waals surface area contributed by atoms with E-state index in [4.69, 9.17) is 14.6 Å². The Balaban J connectivity index is 1.34. The molecule has 1 atom stereocenters. The number of carboxylic acid groups (broad SMARTS) is 1. The lowest BCUT2D eigenvalue weighted by Crippen LogP contribution is -2.41. The Morgan fingerprint density at radius 1 is 1.14 bits per heavy atom. The molecular formula is C27H30N4O5. The zero-order chi connectivity index (χ0) is 25.3. The van der Waals surface area contributed by atoms with Gasteiger partial charge >= 0.3 is 5.97 Å². The van der Waals surface area contributed by atoms with E-state index in [0.29, 0.717) is 31.2 Å². The highest BCUT2D eigenvalue weighted by molar-refractivity contribution is 5.90. The molecule has 0 saturated carbocycles. The van der Waals surface area contributed by atoms with Crippen LogP contribution in [0, 0.1) is 0 Å². The number of nitrogens with one attached hydrogen (secondary N) is 1. The first kappa shape index (κ1) is 25.0. The fourth-order valence-corrected chi connectivity index (χ4v) is 4.14. The van der Waals surface area contributed by atoms with Crippen LogP contribution in [0.25, 0.3) is 0 Å². The summed E-state index contributed by atoms with van der Waals surface area (Å²) in [5, 5.41) is 11.9. The van der Waals surface area contributed by atoms with Crippen molar-refractivity contribution in [3.63, 3.8) is 0 Å². The number of aryl methyl sites for hydroxylation is 1. The maximum absolute atomic E-state index is 12.5. The summed E-state index contributed by atoms with van der Waals surface area (Å²) in [6.45, 7) is 3.98. The lowest BCUT2D eigenvalue weighted by molar-refractivity contribution is -0.116. The predicted molar refractivity (Wildman–Crippen MR) is 136 cm³/mol. The van der Waals surface area contributed by atoms with Crippen molar-refractivity contribution in [2.45, 2.75) is 38.7 Å². The van der Waals surface area contributed by atoms with Gasteiger partial charge < -0.3 is 24.8 Å². The third-order valence-corrected chi connectivity index (χ3v) is 5.85. The number of carbonyl (C=O) groups excluding carboxylic acids is 1. The standard InChI is InChI=1S/C27H30N4O5/c1-2-35-22-10-3-4-11-23(22)36-21-9-6-14-31(18-21)25-17-28-16-24(29-25)30-26(32)13-12-19-7-5-8-20(15-19)27(33)34/h3-5,7-8,10-11,15-17,21H,2,6,9,12-14,18H2,1H3,(H,33,34)(H,29,30,32)/t21-/m1/s1. The molecule has 2 N–H and O–H groups in total. The van der Waals surface area contributed by atoms with Gasteiger partial charge in [0.1, 0.15) is 11.9 Å². The van der Waals surface area contributed by atoms with Crippen LogP contribution < -0.4 is 19.7 Å². The van der Waals surface area contributed by atoms with Gasteiger partial charge in [-0.05, 0) is 56.0 Å². The molecule has 0 unspecified atom stereocenters. The fraction of sp³-hybridized carbons (Fsp3) is 0.333. The Kier molecular flexibility index (Phi) is 8.33. The van der Waals surface area contributed by atoms with E-state index in [-0.39, 0.29) is 24.0 Å². The second-order valence-electron chi connectivity index (χ2n) is 8.52. The summed E-state index contributed by atoms with van der Waals surface area (Å²) < 4.78 is 11.9. The normalized spacial score (nSPS) is 15.2. The van der Waals surface area contributed by atoms with E-state index >= 15 is 0 Å². The van der Waals surface area contributed by atoms with Gasteiger partial charge in [-0.15, -0.1) is 0 Å². The molecule has 1 fully saturated rings. The summed E-state index contributed by atoms with van der Waals surface area (Å²) in [5.41, 5.74) is 0.992. The van der Waals surface area contributed by atoms with Crippen molar-refractivity contribution in [3.05, 3.63) is 72.1 Å². The summed E-state index contributed by atoms with van der Waals surface area (Å²) in [7, 11) is 0. The minimum Gasteiger partial charge on any atom is -0.490 e. The van der Waals surface area contributed by atoms with Gasteiger partial charge in [0.15, 0.2) is 17.3 Å². The highest BCUT2D eigenvalue weighted by atomic mass is 16.5. The molecule has 0 radical (unpaired) electrons. The summed E-state index contributed by atoms with van der Waals surface area (Å²) in [5.74, 6) is 1.31. The third kappa shape index (κ3) is 6.71. The zero-order valence-electron chi connectivity index (χ0n) is 20.2. The average molecular weight is 491 g/mol. The van der Waals surface area contributed by atoms with Gasteiger partial charge in [-0.1, -0.05) is 24.3 Å². The highest BCUT2D eigenvalue weighted by Gasteiger charge is 2.24. The molecule has 1 aliphatic heterocycles. The number of carboxylic acids is 1. The van der Waals surface area contributed by atoms with Gasteiger partial charge in [0.05, 0.1) is 31.1 Å². The molecule has 2 heterocycles. The monoisotopic (exact) mass is 490 g/mol. The predicted octanol–water partition coefficient (Wildman–Crippen LogP) is 4.19. The number of aromatic nitrogens is 2. The molecule has 0 bridgehead atoms. The molecule has 1 aliphatic rings. The fourth-order valence-electron chi connectivity index (χ4n) is 4.14. The molecule has 9 nitrogen and oxygen atoms in total. The largest absolute Gasteiger partial charge is 0.490 e. The van der Waals surface area contributed by atoms with Crippen LogP contribution in [0.2, 0.25) is 0 Å². The van der Waals surface area contributed by atoms with Crippen LogP contribution in [0.3, 0.4) is 0 Å². The lowest BCUT2D eigenvalue weighted by atomic mass is 10.1. The second-order valence-corrected chi connectivity index (χ2v) is 8.52. The molecule has 0 spiro atoms. The molecule has 4 rings (SSSR count). The first-order valence-electron chi connectivity index (χ1n) is 12.1. The van der Waals surface area contributed by atoms with Crippen molar-refractivity contribution in [2.75, 3.05) is 29.9 Å². The molecular weight excluding hydrogens is 460 g/mol. The Labute approximate surface area is 210 Å². The van der Waals surface area contributed by atoms with Crippen molar-refractivity contribution < 1.29 is 24.2 Å². The van der Waals surface area contributed by atoms with E-state index in [1.54, 1.807) is 18.3 Å². The molecule has 2 aromatic carbocycles. The molecule has 36 heavy (non-hydrogen) atoms. The summed E-state index contributed by atoms with van der Waals surface area (Å²) in [6, 6.07) is 14.3. The number of piperidine rings is 1. The number of aromatic carboxylic acids is 1. The number of rotatable bonds is 10. The smallest absolute Gasteiger partial charge is 0.335 e. The maximum Gasteiger partial charge on any atom is 0.335 e. The van der Waals surface area contributed by atoms with E-state index < -0.39 is 5.97 Å². The molecule has 9 heteroatoms. The molecule has 1 aromatic heterocycles. The number of benzene rings is 2. The Bertz CT molecular complexity index is 1200. The average Bonchev–Trinajstić information content (AvgIpc) is 2.89. The lowest BCUT2D eigenvalue weighted by Gasteiger charge is -2.33. The molecule has 0 aliphatic carbocycles. The number of nitrogens with zero attached hydrogens (tertiary/aromatic N) is 3. The van der Waals surface area contributed by atoms with Gasteiger partial charge in [-0.2, -0.15) is 0 Å². The Hall–Kier alpha value is -4.14. The van der Waals surface area contributed by atoms with Crippen LogP contribution in [-0.4, -0.2) is 52.8 Å². The van der Waals surface area contributed by atoms with Crippen LogP contribution in [0.15, 0.2) is 60.9 Å². The number of para-hydroxylation sites is 2. The molecule has 188 valence electrons. The number of hydrogen-bond donors (Lipinski definition) is 2. The zero-order valence-corrected chi connectivity index (χ0v) is 20.2. The van der Waals surface area contributed by atoms with Crippen molar-refractivity contribution in [1.82, 2.24) is 9.97 Å². The SMILES string of the molecule is CCOc1ccccc1O[C@@H]1CCCN(c2cncc(NC(=O)CCc3cccc(C(=O)O)c3)n2)C1. The van der Waals surface area contributed by atoms with Gasteiger partial charge in [0.25, 0.3) is 0 Å². The molecule has 1 saturated heterocycles. The van der Waals surface area contributed by atoms with Crippen LogP contribution >= 0.6 is 0 Å². The number of hydrogen-bond acceptors (Lipinski definition) is 7. The topological polar surface area (TPSA) is 114 Å². The van der Waals surface area contributed by atoms with Crippen LogP contribution in [0.4, 0.5) is 11.6 Å². The summed E-state index contributed by atoms with van der Waals surface area (Å²) >= 11 is 0. The summed E-state index contributed by atoms with van der Waals surface area (Å²) in [4.78, 5) is 34.6. The Morgan fingerprint density at radius 3 is 2.78 bits per heavy atom. The summed E-state index contributed by atoms with van der Waals surface area (Å²) in [6.07, 6.45) is 5.66. The van der Waals surface area contributed by atoms with Gasteiger partial charge in [-0.25, -0.2) is 9.78 Å². The Morgan fingerprint density at radius 2 is 1.97 bits per heavy atom.